The maximum atomic E-state index is 3.55. The van der Waals surface area contributed by atoms with E-state index in [9.17, 15) is 0 Å². The van der Waals surface area contributed by atoms with Gasteiger partial charge >= 0.3 is 0 Å². The Balaban J connectivity index is 1.95. The van der Waals surface area contributed by atoms with Crippen LogP contribution in [0.3, 0.4) is 0 Å². The number of thiophene rings is 1. The number of hydrogen-bond donors (Lipinski definition) is 1. The first-order valence-corrected chi connectivity index (χ1v) is 8.70. The number of aromatic nitrogens is 1. The molecule has 0 fully saturated rings. The molecular formula is C20H14NS+. The zero-order valence-corrected chi connectivity index (χ0v) is 12.7. The van der Waals surface area contributed by atoms with E-state index in [4.69, 9.17) is 0 Å². The Morgan fingerprint density at radius 2 is 1.50 bits per heavy atom. The second-order valence-electron chi connectivity index (χ2n) is 5.53. The van der Waals surface area contributed by atoms with Crippen LogP contribution < -0.4 is 0 Å². The first-order chi connectivity index (χ1) is 10.9. The molecule has 0 saturated heterocycles. The van der Waals surface area contributed by atoms with Gasteiger partial charge in [-0.1, -0.05) is 36.4 Å². The van der Waals surface area contributed by atoms with Gasteiger partial charge in [0.2, 0.25) is 0 Å². The Morgan fingerprint density at radius 1 is 0.682 bits per heavy atom. The summed E-state index contributed by atoms with van der Waals surface area (Å²) >= 11 is 0. The Morgan fingerprint density at radius 3 is 2.50 bits per heavy atom. The fraction of sp³-hybridized carbons (Fsp3) is 0. The summed E-state index contributed by atoms with van der Waals surface area (Å²) in [4.78, 5) is 4.96. The third-order valence-electron chi connectivity index (χ3n) is 4.27. The van der Waals surface area contributed by atoms with Crippen LogP contribution in [0.5, 0.6) is 0 Å². The van der Waals surface area contributed by atoms with E-state index in [0.717, 1.165) is 0 Å². The fourth-order valence-electron chi connectivity index (χ4n) is 3.28. The molecular weight excluding hydrogens is 286 g/mol. The van der Waals surface area contributed by atoms with Gasteiger partial charge in [-0.05, 0) is 30.3 Å². The smallest absolute Gasteiger partial charge is 0.189 e. The zero-order chi connectivity index (χ0) is 14.5. The molecule has 5 rings (SSSR count). The second kappa shape index (κ2) is 4.46. The molecule has 3 aromatic carbocycles. The summed E-state index contributed by atoms with van der Waals surface area (Å²) in [5, 5.41) is 6.38. The van der Waals surface area contributed by atoms with Gasteiger partial charge in [0.1, 0.15) is 5.38 Å². The fourth-order valence-corrected chi connectivity index (χ4v) is 5.37. The van der Waals surface area contributed by atoms with E-state index in [1.165, 1.54) is 36.8 Å². The van der Waals surface area contributed by atoms with Crippen molar-refractivity contribution in [1.29, 1.82) is 0 Å². The number of hydrogen-bond acceptors (Lipinski definition) is 0. The highest BCUT2D eigenvalue weighted by atomic mass is 32.2. The van der Waals surface area contributed by atoms with Crippen LogP contribution in [0, 0.1) is 0 Å². The van der Waals surface area contributed by atoms with E-state index in [1.54, 1.807) is 0 Å². The number of H-pyrrole nitrogens is 1. The molecule has 1 atom stereocenters. The van der Waals surface area contributed by atoms with Gasteiger partial charge in [0, 0.05) is 32.8 Å². The molecule has 1 unspecified atom stereocenters. The Kier molecular flexibility index (Phi) is 2.43. The lowest BCUT2D eigenvalue weighted by Crippen LogP contribution is -1.73. The summed E-state index contributed by atoms with van der Waals surface area (Å²) in [7, 11) is 0.0248. The summed E-state index contributed by atoms with van der Waals surface area (Å²) in [6.07, 6.45) is 0. The second-order valence-corrected chi connectivity index (χ2v) is 7.35. The molecule has 0 aliphatic rings. The third kappa shape index (κ3) is 1.59. The van der Waals surface area contributed by atoms with E-state index in [1.807, 2.05) is 0 Å². The predicted molar refractivity (Wildman–Crippen MR) is 97.1 cm³/mol. The van der Waals surface area contributed by atoms with E-state index in [2.05, 4.69) is 83.2 Å². The molecule has 0 spiro atoms. The van der Waals surface area contributed by atoms with Crippen molar-refractivity contribution in [1.82, 2.24) is 4.98 Å². The number of benzene rings is 3. The van der Waals surface area contributed by atoms with Crippen LogP contribution >= 0.6 is 10.5 Å². The number of rotatable bonds is 1. The highest BCUT2D eigenvalue weighted by molar-refractivity contribution is 7.44. The minimum Gasteiger partial charge on any atom is -0.354 e. The zero-order valence-electron chi connectivity index (χ0n) is 11.9. The van der Waals surface area contributed by atoms with E-state index in [-0.39, 0.29) is 10.5 Å². The molecule has 0 radical (unpaired) electrons. The van der Waals surface area contributed by atoms with Gasteiger partial charge in [-0.3, -0.25) is 0 Å². The van der Waals surface area contributed by atoms with Gasteiger partial charge in [-0.15, -0.1) is 0 Å². The quantitative estimate of drug-likeness (QED) is 0.354. The summed E-state index contributed by atoms with van der Waals surface area (Å²) in [6, 6.07) is 26.2. The van der Waals surface area contributed by atoms with Gasteiger partial charge in [0.25, 0.3) is 0 Å². The molecule has 0 aliphatic heterocycles. The van der Waals surface area contributed by atoms with Gasteiger partial charge in [-0.25, -0.2) is 0 Å². The van der Waals surface area contributed by atoms with Crippen molar-refractivity contribution in [3.8, 4) is 4.90 Å². The van der Waals surface area contributed by atoms with Crippen molar-refractivity contribution >= 4 is 42.4 Å². The monoisotopic (exact) mass is 300 g/mol. The normalized spacial score (nSPS) is 12.5. The first kappa shape index (κ1) is 12.0. The molecule has 104 valence electrons. The van der Waals surface area contributed by atoms with Gasteiger partial charge < -0.3 is 4.98 Å². The minimum absolute atomic E-state index is 0.0248. The van der Waals surface area contributed by atoms with Crippen LogP contribution in [0.2, 0.25) is 0 Å². The first-order valence-electron chi connectivity index (χ1n) is 7.41. The number of nitrogens with one attached hydrogen (secondary N) is 1. The lowest BCUT2D eigenvalue weighted by molar-refractivity contribution is 1.55. The van der Waals surface area contributed by atoms with E-state index < -0.39 is 0 Å². The molecule has 0 aliphatic carbocycles. The average Bonchev–Trinajstić information content (AvgIpc) is 3.16. The summed E-state index contributed by atoms with van der Waals surface area (Å²) in [5.74, 6) is 0. The van der Waals surface area contributed by atoms with Crippen molar-refractivity contribution < 1.29 is 0 Å². The molecule has 2 aromatic heterocycles. The van der Waals surface area contributed by atoms with Gasteiger partial charge in [-0.2, -0.15) is 0 Å². The minimum atomic E-state index is 0.0248. The Hall–Kier alpha value is -2.58. The Bertz CT molecular complexity index is 1130. The topological polar surface area (TPSA) is 15.8 Å². The molecule has 0 bridgehead atoms. The third-order valence-corrected chi connectivity index (χ3v) is 6.34. The maximum Gasteiger partial charge on any atom is 0.189 e. The van der Waals surface area contributed by atoms with Crippen molar-refractivity contribution in [2.24, 2.45) is 0 Å². The van der Waals surface area contributed by atoms with Crippen LogP contribution in [-0.4, -0.2) is 4.98 Å². The number of aromatic amines is 1. The largest absolute Gasteiger partial charge is 0.354 e. The molecule has 5 aromatic rings. The van der Waals surface area contributed by atoms with Crippen molar-refractivity contribution in [3.05, 3.63) is 78.2 Å². The molecule has 2 heteroatoms. The maximum absolute atomic E-state index is 3.55. The van der Waals surface area contributed by atoms with Crippen LogP contribution in [0.4, 0.5) is 0 Å². The predicted octanol–water partition coefficient (Wildman–Crippen LogP) is 6.21. The summed E-state index contributed by atoms with van der Waals surface area (Å²) in [5.41, 5.74) is 2.44. The SMILES string of the molecule is c1ccc2c(c1)cc[s+]2-c1cccc2[nH]c3ccccc3c12. The number of para-hydroxylation sites is 1. The molecule has 0 amide bonds. The summed E-state index contributed by atoms with van der Waals surface area (Å²) < 4.78 is 1.43. The highest BCUT2D eigenvalue weighted by Crippen LogP contribution is 2.44. The van der Waals surface area contributed by atoms with Crippen molar-refractivity contribution in [2.75, 3.05) is 0 Å². The molecule has 1 nitrogen and oxygen atoms in total. The van der Waals surface area contributed by atoms with Crippen molar-refractivity contribution in [2.45, 2.75) is 0 Å². The average molecular weight is 300 g/mol. The van der Waals surface area contributed by atoms with E-state index >= 15 is 0 Å². The van der Waals surface area contributed by atoms with Gasteiger partial charge in [0.05, 0.1) is 10.9 Å². The standard InChI is InChI=1S/C20H14NS/c1-4-10-18-14(6-1)12-13-22(18)19-11-5-9-17-20(19)15-7-2-3-8-16(15)21-17/h1-13,21H/q+1. The van der Waals surface area contributed by atoms with Crippen LogP contribution in [0.15, 0.2) is 78.2 Å². The van der Waals surface area contributed by atoms with E-state index in [0.29, 0.717) is 0 Å². The molecule has 2 heterocycles. The number of fused-ring (bicyclic) bond motifs is 4. The van der Waals surface area contributed by atoms with Crippen LogP contribution in [-0.2, 0) is 0 Å². The van der Waals surface area contributed by atoms with Crippen molar-refractivity contribution in [3.63, 3.8) is 0 Å². The highest BCUT2D eigenvalue weighted by Gasteiger charge is 2.20. The molecule has 22 heavy (non-hydrogen) atoms. The lowest BCUT2D eigenvalue weighted by atomic mass is 10.1. The lowest BCUT2D eigenvalue weighted by Gasteiger charge is -1.96. The van der Waals surface area contributed by atoms with Crippen LogP contribution in [0.1, 0.15) is 0 Å². The molecule has 1 N–H and O–H groups in total. The summed E-state index contributed by atoms with van der Waals surface area (Å²) in [6.45, 7) is 0. The van der Waals surface area contributed by atoms with Crippen LogP contribution in [0.25, 0.3) is 36.8 Å². The van der Waals surface area contributed by atoms with Gasteiger partial charge in [0.15, 0.2) is 9.60 Å². The Labute approximate surface area is 130 Å². The molecule has 0 saturated carbocycles.